The molecule has 0 aromatic heterocycles. The highest BCUT2D eigenvalue weighted by atomic mass is 35.5. The van der Waals surface area contributed by atoms with Gasteiger partial charge in [0.05, 0.1) is 11.1 Å². The van der Waals surface area contributed by atoms with Crippen molar-refractivity contribution < 1.29 is 14.6 Å². The molecule has 0 heterocycles. The zero-order valence-corrected chi connectivity index (χ0v) is 10.2. The number of aliphatic hydroxyl groups excluding tert-OH is 1. The Morgan fingerprint density at radius 2 is 2.12 bits per heavy atom. The number of halogens is 2. The number of hydrogen-bond donors (Lipinski definition) is 1. The van der Waals surface area contributed by atoms with Gasteiger partial charge in [0.15, 0.2) is 0 Å². The molecule has 1 fully saturated rings. The normalized spacial score (nSPS) is 28.6. The zero-order chi connectivity index (χ0) is 11.7. The van der Waals surface area contributed by atoms with Gasteiger partial charge in [-0.2, -0.15) is 0 Å². The Hall–Kier alpha value is -0.480. The highest BCUT2D eigenvalue weighted by Crippen LogP contribution is 2.33. The van der Waals surface area contributed by atoms with Crippen molar-refractivity contribution in [3.05, 3.63) is 28.2 Å². The Morgan fingerprint density at radius 1 is 1.38 bits per heavy atom. The molecular weight excluding hydrogens is 251 g/mol. The molecule has 16 heavy (non-hydrogen) atoms. The summed E-state index contributed by atoms with van der Waals surface area (Å²) in [6, 6.07) is 5.04. The Morgan fingerprint density at radius 3 is 2.69 bits per heavy atom. The van der Waals surface area contributed by atoms with Crippen LogP contribution in [0.3, 0.4) is 0 Å². The van der Waals surface area contributed by atoms with Crippen molar-refractivity contribution in [1.82, 2.24) is 0 Å². The summed E-state index contributed by atoms with van der Waals surface area (Å²) in [6.07, 6.45) is -0.344. The Labute approximate surface area is 104 Å². The third-order valence-corrected chi connectivity index (χ3v) is 3.19. The molecule has 0 saturated heterocycles. The van der Waals surface area contributed by atoms with Gasteiger partial charge in [-0.05, 0) is 18.2 Å². The summed E-state index contributed by atoms with van der Waals surface area (Å²) in [5, 5.41) is 10.4. The van der Waals surface area contributed by atoms with E-state index in [1.54, 1.807) is 25.3 Å². The number of rotatable bonds is 3. The lowest BCUT2D eigenvalue weighted by atomic mass is 9.88. The SMILES string of the molecule is COC1C(O)CC1Oc1ccc(Cl)cc1Cl. The Balaban J connectivity index is 2.04. The number of aliphatic hydroxyl groups is 1. The van der Waals surface area contributed by atoms with E-state index in [4.69, 9.17) is 32.7 Å². The fraction of sp³-hybridized carbons (Fsp3) is 0.455. The summed E-state index contributed by atoms with van der Waals surface area (Å²) in [7, 11) is 1.55. The van der Waals surface area contributed by atoms with Gasteiger partial charge in [-0.1, -0.05) is 23.2 Å². The van der Waals surface area contributed by atoms with Crippen LogP contribution in [0.2, 0.25) is 10.0 Å². The van der Waals surface area contributed by atoms with E-state index < -0.39 is 6.10 Å². The molecule has 1 aliphatic rings. The standard InChI is InChI=1S/C11H12Cl2O3/c1-15-11-8(14)5-10(11)16-9-3-2-6(12)4-7(9)13/h2-4,8,10-11,14H,5H2,1H3. The molecule has 88 valence electrons. The van der Waals surface area contributed by atoms with Gasteiger partial charge in [0, 0.05) is 18.6 Å². The first-order valence-corrected chi connectivity index (χ1v) is 5.70. The zero-order valence-electron chi connectivity index (χ0n) is 8.69. The van der Waals surface area contributed by atoms with Crippen LogP contribution >= 0.6 is 23.2 Å². The number of benzene rings is 1. The lowest BCUT2D eigenvalue weighted by Gasteiger charge is -2.40. The first kappa shape index (κ1) is 12.0. The summed E-state index contributed by atoms with van der Waals surface area (Å²) in [4.78, 5) is 0. The lowest BCUT2D eigenvalue weighted by Crippen LogP contribution is -2.54. The van der Waals surface area contributed by atoms with Crippen LogP contribution in [0.1, 0.15) is 6.42 Å². The summed E-state index contributed by atoms with van der Waals surface area (Å²) in [6.45, 7) is 0. The van der Waals surface area contributed by atoms with Crippen LogP contribution in [0.25, 0.3) is 0 Å². The van der Waals surface area contributed by atoms with Gasteiger partial charge in [0.1, 0.15) is 18.0 Å². The van der Waals surface area contributed by atoms with E-state index in [-0.39, 0.29) is 12.2 Å². The van der Waals surface area contributed by atoms with Crippen molar-refractivity contribution in [2.45, 2.75) is 24.7 Å². The third kappa shape index (κ3) is 2.28. The molecule has 1 aliphatic carbocycles. The molecule has 1 aromatic rings. The maximum atomic E-state index is 9.41. The molecule has 0 bridgehead atoms. The smallest absolute Gasteiger partial charge is 0.138 e. The minimum absolute atomic E-state index is 0.154. The van der Waals surface area contributed by atoms with Gasteiger partial charge >= 0.3 is 0 Å². The predicted molar refractivity (Wildman–Crippen MR) is 62.3 cm³/mol. The molecule has 3 atom stereocenters. The molecule has 1 saturated carbocycles. The van der Waals surface area contributed by atoms with E-state index in [0.717, 1.165) is 0 Å². The third-order valence-electron chi connectivity index (χ3n) is 2.66. The highest BCUT2D eigenvalue weighted by molar-refractivity contribution is 6.35. The molecule has 0 amide bonds. The molecule has 0 aliphatic heterocycles. The topological polar surface area (TPSA) is 38.7 Å². The van der Waals surface area contributed by atoms with E-state index in [0.29, 0.717) is 22.2 Å². The average Bonchev–Trinajstić information content (AvgIpc) is 2.21. The number of ether oxygens (including phenoxy) is 2. The maximum absolute atomic E-state index is 9.41. The van der Waals surface area contributed by atoms with Crippen LogP contribution in [0.15, 0.2) is 18.2 Å². The van der Waals surface area contributed by atoms with Crippen molar-refractivity contribution in [3.8, 4) is 5.75 Å². The first-order chi connectivity index (χ1) is 7.61. The van der Waals surface area contributed by atoms with E-state index in [1.165, 1.54) is 0 Å². The lowest BCUT2D eigenvalue weighted by molar-refractivity contribution is -0.149. The first-order valence-electron chi connectivity index (χ1n) is 4.94. The molecular formula is C11H12Cl2O3. The fourth-order valence-electron chi connectivity index (χ4n) is 1.72. The van der Waals surface area contributed by atoms with Gasteiger partial charge in [0.25, 0.3) is 0 Å². The van der Waals surface area contributed by atoms with Gasteiger partial charge in [-0.25, -0.2) is 0 Å². The number of methoxy groups -OCH3 is 1. The van der Waals surface area contributed by atoms with Crippen LogP contribution in [0.4, 0.5) is 0 Å². The van der Waals surface area contributed by atoms with Crippen LogP contribution in [0.5, 0.6) is 5.75 Å². The Bertz CT molecular complexity index is 383. The van der Waals surface area contributed by atoms with Crippen molar-refractivity contribution in [3.63, 3.8) is 0 Å². The van der Waals surface area contributed by atoms with Crippen molar-refractivity contribution in [2.75, 3.05) is 7.11 Å². The number of hydrogen-bond acceptors (Lipinski definition) is 3. The molecule has 3 nitrogen and oxygen atoms in total. The Kier molecular flexibility index (Phi) is 3.60. The summed E-state index contributed by atoms with van der Waals surface area (Å²) in [5.41, 5.74) is 0. The summed E-state index contributed by atoms with van der Waals surface area (Å²) >= 11 is 11.7. The maximum Gasteiger partial charge on any atom is 0.138 e. The van der Waals surface area contributed by atoms with E-state index in [2.05, 4.69) is 0 Å². The largest absolute Gasteiger partial charge is 0.486 e. The van der Waals surface area contributed by atoms with E-state index in [9.17, 15) is 5.11 Å². The van der Waals surface area contributed by atoms with Crippen molar-refractivity contribution in [1.29, 1.82) is 0 Å². The summed E-state index contributed by atoms with van der Waals surface area (Å²) < 4.78 is 10.7. The van der Waals surface area contributed by atoms with E-state index in [1.807, 2.05) is 0 Å². The monoisotopic (exact) mass is 262 g/mol. The second-order valence-electron chi connectivity index (χ2n) is 3.73. The van der Waals surface area contributed by atoms with E-state index >= 15 is 0 Å². The van der Waals surface area contributed by atoms with Crippen molar-refractivity contribution >= 4 is 23.2 Å². The molecule has 3 unspecified atom stereocenters. The molecule has 0 spiro atoms. The predicted octanol–water partition coefficient (Wildman–Crippen LogP) is 2.52. The molecule has 1 N–H and O–H groups in total. The summed E-state index contributed by atoms with van der Waals surface area (Å²) in [5.74, 6) is 0.560. The van der Waals surface area contributed by atoms with Crippen LogP contribution in [-0.2, 0) is 4.74 Å². The average molecular weight is 263 g/mol. The van der Waals surface area contributed by atoms with Crippen LogP contribution in [-0.4, -0.2) is 30.5 Å². The highest BCUT2D eigenvalue weighted by Gasteiger charge is 2.42. The fourth-order valence-corrected chi connectivity index (χ4v) is 2.17. The van der Waals surface area contributed by atoms with Gasteiger partial charge < -0.3 is 14.6 Å². The minimum Gasteiger partial charge on any atom is -0.486 e. The van der Waals surface area contributed by atoms with Crippen LogP contribution < -0.4 is 4.74 Å². The second kappa shape index (κ2) is 4.80. The van der Waals surface area contributed by atoms with Gasteiger partial charge in [-0.3, -0.25) is 0 Å². The second-order valence-corrected chi connectivity index (χ2v) is 4.58. The van der Waals surface area contributed by atoms with Crippen molar-refractivity contribution in [2.24, 2.45) is 0 Å². The van der Waals surface area contributed by atoms with Gasteiger partial charge in [-0.15, -0.1) is 0 Å². The van der Waals surface area contributed by atoms with Crippen LogP contribution in [0, 0.1) is 0 Å². The molecule has 2 rings (SSSR count). The minimum atomic E-state index is -0.457. The molecule has 5 heteroatoms. The molecule has 1 aromatic carbocycles. The molecule has 0 radical (unpaired) electrons. The quantitative estimate of drug-likeness (QED) is 0.910. The van der Waals surface area contributed by atoms with Gasteiger partial charge in [0.2, 0.25) is 0 Å².